The van der Waals surface area contributed by atoms with Gasteiger partial charge in [-0.05, 0) is 192 Å². The maximum atomic E-state index is 12.6. The number of methoxy groups -OCH3 is 8. The molecule has 13 N–H and O–H groups in total. The van der Waals surface area contributed by atoms with Gasteiger partial charge in [-0.3, -0.25) is 57.7 Å². The molecule has 8 heterocycles. The highest BCUT2D eigenvalue weighted by Gasteiger charge is 2.37. The number of nitrogens with two attached hydrogens (primary N) is 2. The van der Waals surface area contributed by atoms with Crippen molar-refractivity contribution in [3.63, 3.8) is 0 Å². The van der Waals surface area contributed by atoms with Crippen LogP contribution in [0.5, 0.6) is 46.1 Å². The number of ether oxygens (including phenoxy) is 12. The third-order valence-electron chi connectivity index (χ3n) is 22.2. The third-order valence-corrected chi connectivity index (χ3v) is 26.8. The maximum absolute atomic E-state index is 12.6. The molecule has 10 aromatic rings. The first kappa shape index (κ1) is 119. The van der Waals surface area contributed by atoms with E-state index in [0.29, 0.717) is 104 Å². The summed E-state index contributed by atoms with van der Waals surface area (Å²) in [6.45, 7) is 6.02. The van der Waals surface area contributed by atoms with Crippen LogP contribution in [0.3, 0.4) is 0 Å². The maximum Gasteiger partial charge on any atom is 0.308 e. The predicted molar refractivity (Wildman–Crippen MR) is 573 cm³/mol. The van der Waals surface area contributed by atoms with Crippen LogP contribution in [0.2, 0.25) is 0 Å². The molecule has 0 spiro atoms. The lowest BCUT2D eigenvalue weighted by Crippen LogP contribution is -2.40. The van der Waals surface area contributed by atoms with Crippen LogP contribution < -0.4 is 86.1 Å². The number of fused-ring (bicyclic) bond motifs is 2. The number of carbonyl (C=O) groups excluding carboxylic acids is 11. The molecule has 796 valence electrons. The van der Waals surface area contributed by atoms with Crippen molar-refractivity contribution >= 4 is 184 Å². The number of halogens is 7. The summed E-state index contributed by atoms with van der Waals surface area (Å²) in [5.41, 5.74) is 20.8. The molecule has 48 heteroatoms. The summed E-state index contributed by atoms with van der Waals surface area (Å²) in [5, 5.41) is 36.4. The summed E-state index contributed by atoms with van der Waals surface area (Å²) in [6, 6.07) is 35.7. The molecular formula is C102H109Br6ClN16O25. The molecule has 150 heavy (non-hydrogen) atoms. The number of ketones is 1. The van der Waals surface area contributed by atoms with Gasteiger partial charge in [0, 0.05) is 117 Å². The second kappa shape index (κ2) is 58.2. The Morgan fingerprint density at radius 3 is 1.26 bits per heavy atom. The molecule has 0 radical (unpaired) electrons. The van der Waals surface area contributed by atoms with E-state index in [2.05, 4.69) is 167 Å². The van der Waals surface area contributed by atoms with E-state index in [1.807, 2.05) is 91.0 Å². The van der Waals surface area contributed by atoms with Crippen LogP contribution in [0, 0.1) is 0 Å². The molecule has 0 unspecified atom stereocenters. The SMILES string of the molecule is CCOC(=O)C[C@@H](NC(=O)COC(C)=O)c1cc(OC)ccc1Br.CCOC(=O)C[C@@H](NCl)c1cc(OC)ccc1Br.COc1ccc(-c2cncc(OC)n2)c([C@H]2Cc3nc(N)ncc3C(=O)N2)c1.COc1ccc(Br)c([C@H]2CC(=O)/C(=C/N(C)C)C(=O)N2)c1.COc1ccc(Br)c([C@H]2CC(O)=C(OC(C)=O)C(=O)N2)c1.COc1ccc(Br)c([C@H]2CC(O)=CC(=O)N2)c1.COc1ccc(Br)c([C@H]2Cc3nc(N)ncc3C(=O)N2)c1. The van der Waals surface area contributed by atoms with Crippen molar-refractivity contribution in [3.8, 4) is 57.4 Å². The fourth-order valence-electron chi connectivity index (χ4n) is 15.1. The fraction of sp³-hybridized carbons (Fsp3) is 0.304. The highest BCUT2D eigenvalue weighted by atomic mass is 79.9. The number of aromatic nitrogens is 6. The van der Waals surface area contributed by atoms with Gasteiger partial charge in [-0.15, -0.1) is 0 Å². The number of esters is 4. The van der Waals surface area contributed by atoms with E-state index in [0.717, 1.165) is 74.0 Å². The zero-order valence-electron chi connectivity index (χ0n) is 83.4. The number of hydrogen-bond donors (Lipinski definition) is 11. The van der Waals surface area contributed by atoms with Crippen molar-refractivity contribution < 1.29 is 120 Å². The molecule has 3 aromatic heterocycles. The van der Waals surface area contributed by atoms with Crippen molar-refractivity contribution in [1.82, 2.24) is 71.5 Å². The van der Waals surface area contributed by atoms with Gasteiger partial charge in [0.15, 0.2) is 12.4 Å². The number of rotatable bonds is 28. The van der Waals surface area contributed by atoms with E-state index in [1.165, 1.54) is 45.8 Å². The van der Waals surface area contributed by atoms with Gasteiger partial charge in [0.05, 0.1) is 171 Å². The molecule has 15 rings (SSSR count). The third kappa shape index (κ3) is 34.5. The first-order valence-electron chi connectivity index (χ1n) is 45.4. The summed E-state index contributed by atoms with van der Waals surface area (Å²) in [4.78, 5) is 158. The lowest BCUT2D eigenvalue weighted by Gasteiger charge is -2.27. The average molecular weight is 2470 g/mol. The lowest BCUT2D eigenvalue weighted by molar-refractivity contribution is -0.147. The Morgan fingerprint density at radius 2 is 0.853 bits per heavy atom. The van der Waals surface area contributed by atoms with Crippen LogP contribution >= 0.6 is 107 Å². The highest BCUT2D eigenvalue weighted by molar-refractivity contribution is 9.11. The molecule has 7 aromatic carbocycles. The number of aliphatic hydroxyl groups excluding tert-OH is 2. The van der Waals surface area contributed by atoms with Gasteiger partial charge in [0.1, 0.15) is 51.8 Å². The molecule has 0 bridgehead atoms. The Morgan fingerprint density at radius 1 is 0.460 bits per heavy atom. The van der Waals surface area contributed by atoms with Crippen molar-refractivity contribution in [2.24, 2.45) is 0 Å². The van der Waals surface area contributed by atoms with Crippen molar-refractivity contribution in [3.05, 3.63) is 276 Å². The minimum absolute atomic E-state index is 0.0641. The van der Waals surface area contributed by atoms with Gasteiger partial charge >= 0.3 is 23.9 Å². The van der Waals surface area contributed by atoms with Crippen molar-refractivity contribution in [1.29, 1.82) is 0 Å². The zero-order valence-corrected chi connectivity index (χ0v) is 93.7. The van der Waals surface area contributed by atoms with E-state index in [9.17, 15) is 63.0 Å². The minimum Gasteiger partial charge on any atom is -0.512 e. The normalized spacial score (nSPS) is 16.2. The highest BCUT2D eigenvalue weighted by Crippen LogP contribution is 2.41. The zero-order chi connectivity index (χ0) is 110. The van der Waals surface area contributed by atoms with E-state index in [4.69, 9.17) is 75.3 Å². The van der Waals surface area contributed by atoms with Crippen LogP contribution in [0.25, 0.3) is 11.3 Å². The molecule has 5 aliphatic rings. The predicted octanol–water partition coefficient (Wildman–Crippen LogP) is 15.6. The number of nitrogens with one attached hydrogen (secondary N) is 7. The quantitative estimate of drug-likeness (QED) is 0.00713. The van der Waals surface area contributed by atoms with Gasteiger partial charge in [-0.2, -0.15) is 0 Å². The molecule has 1 saturated heterocycles. The number of benzene rings is 7. The number of carbonyl (C=O) groups is 11. The summed E-state index contributed by atoms with van der Waals surface area (Å²) in [6.07, 6.45) is 10.7. The number of piperidine rings is 1. The van der Waals surface area contributed by atoms with Gasteiger partial charge in [0.2, 0.25) is 29.4 Å². The Labute approximate surface area is 918 Å². The first-order chi connectivity index (χ1) is 71.6. The van der Waals surface area contributed by atoms with E-state index >= 15 is 0 Å². The smallest absolute Gasteiger partial charge is 0.308 e. The molecular weight excluding hydrogens is 2360 g/mol. The van der Waals surface area contributed by atoms with Crippen LogP contribution in [-0.4, -0.2) is 201 Å². The summed E-state index contributed by atoms with van der Waals surface area (Å²) >= 11 is 26.3. The lowest BCUT2D eigenvalue weighted by atomic mass is 9.91. The van der Waals surface area contributed by atoms with Crippen LogP contribution in [0.4, 0.5) is 11.9 Å². The number of Topliss-reactive ketones (excluding diaryl/α,β-unsaturated/α-hetero) is 1. The van der Waals surface area contributed by atoms with E-state index in [-0.39, 0.29) is 133 Å². The Balaban J connectivity index is 0.000000195. The van der Waals surface area contributed by atoms with Gasteiger partial charge in [-0.25, -0.2) is 29.8 Å². The molecule has 1 fully saturated rings. The average Bonchev–Trinajstić information content (AvgIpc) is 0.781. The largest absolute Gasteiger partial charge is 0.512 e. The van der Waals surface area contributed by atoms with Crippen LogP contribution in [0.1, 0.15) is 173 Å². The molecule has 7 atom stereocenters. The topological polar surface area (TPSA) is 556 Å². The minimum atomic E-state index is -0.660. The first-order valence-corrected chi connectivity index (χ1v) is 50.6. The standard InChI is InChI=1S/C19H18N6O3.C16H20BrNO6.C15H17BrN2O3.C14H13BrN4O2.C14H14BrNO5.C12H15BrClNO3.C12H12BrNO3/c1-27-10-3-4-11(16-8-21-9-17(23-16)28-2)12(5-10)14-6-15-13(18(26)24-14)7-22-19(20)25-15;1-4-23-16(21)8-14(18-15(20)9-24-10(2)19)12-7-11(22-3)5-6-13(12)17;1-18(2)8-11-14(19)7-13(17-15(11)20)10-6-9(21-3)4-5-12(10)16;1-21-7-2-3-10(15)8(4-7)11-5-12-9(13(20)18-11)6-17-14(16)19-12;1-7(17)21-13-12(18)6-11(16-14(13)19)9-5-8(20-2)3-4-10(9)15;1-3-18-12(16)7-11(15-14)9-6-8(17-2)4-5-10(9)13;1-17-8-2-3-10(13)9(6-8)11-4-7(15)5-12(16)14-11/h3-5,7-9,14H,6H2,1-2H3,(H,24,26)(H2,20,22,25);5-7,14H,4,8-9H2,1-3H3,(H,18,20);4-6,8,13H,7H2,1-3H3,(H,17,20);2-4,6,11H,5H2,1H3,(H,18,20)(H2,16,17,19);3-5,11,18H,6H2,1-2H3,(H,16,19);4-6,11,15H,3,7H2,1-2H3;2-3,5-6,11,15H,4H2,1H3,(H,14,16)/b;;11-8-;;;;/t2*14-;13-;4*11-/m1111111/s1. The van der Waals surface area contributed by atoms with E-state index < -0.39 is 48.4 Å². The Bertz CT molecular complexity index is 6670. The second-order valence-corrected chi connectivity index (χ2v) is 37.9. The summed E-state index contributed by atoms with van der Waals surface area (Å²) in [7, 11) is 16.1. The summed E-state index contributed by atoms with van der Waals surface area (Å²) in [5.74, 6) is 0.542. The van der Waals surface area contributed by atoms with Gasteiger partial charge < -0.3 is 115 Å². The fourth-order valence-corrected chi connectivity index (χ4v) is 18.4. The molecule has 0 saturated carbocycles. The van der Waals surface area contributed by atoms with Crippen molar-refractivity contribution in [2.75, 3.05) is 102 Å². The van der Waals surface area contributed by atoms with Crippen molar-refractivity contribution in [2.45, 2.75) is 115 Å². The monoisotopic (exact) mass is 2470 g/mol. The Hall–Kier alpha value is -14.1. The summed E-state index contributed by atoms with van der Waals surface area (Å²) < 4.78 is 65.8. The number of amides is 6. The number of nitrogen functional groups attached to an aromatic ring is 2. The number of aliphatic hydroxyl groups is 2. The van der Waals surface area contributed by atoms with E-state index in [1.54, 1.807) is 124 Å². The van der Waals surface area contributed by atoms with Crippen LogP contribution in [-0.2, 0) is 74.9 Å². The molecule has 41 nitrogen and oxygen atoms in total. The number of hydrogen-bond acceptors (Lipinski definition) is 35. The molecule has 5 aliphatic heterocycles. The number of anilines is 2. The van der Waals surface area contributed by atoms with Crippen LogP contribution in [0.15, 0.2) is 214 Å². The van der Waals surface area contributed by atoms with Gasteiger partial charge in [-0.1, -0.05) is 95.6 Å². The Kier molecular flexibility index (Phi) is 46.3. The van der Waals surface area contributed by atoms with Gasteiger partial charge in [0.25, 0.3) is 29.5 Å². The molecule has 6 amide bonds. The second-order valence-electron chi connectivity index (χ2n) is 32.6. The molecule has 0 aliphatic carbocycles. The number of nitrogens with zero attached hydrogens (tertiary/aromatic N) is 7.